The Bertz CT molecular complexity index is 888. The Kier molecular flexibility index (Phi) is 3.54. The highest BCUT2D eigenvalue weighted by atomic mass is 15.1. The lowest BCUT2D eigenvalue weighted by atomic mass is 10.0. The van der Waals surface area contributed by atoms with Crippen molar-refractivity contribution in [2.24, 2.45) is 0 Å². The lowest BCUT2D eigenvalue weighted by Crippen LogP contribution is -2.37. The van der Waals surface area contributed by atoms with Crippen molar-refractivity contribution in [1.82, 2.24) is 15.6 Å². The summed E-state index contributed by atoms with van der Waals surface area (Å²) >= 11 is 0. The standard InChI is InChI=1S/C21H19N3/c1-14(2)18-9-6-10-19(23-18)17-11-16-12-20(24-21(16)22-13-17)15-7-4-3-5-8-15/h3-13,21-22,24H,1H2,2H3. The van der Waals surface area contributed by atoms with Crippen LogP contribution in [0.4, 0.5) is 0 Å². The molecule has 2 aliphatic heterocycles. The molecule has 3 heterocycles. The molecule has 1 unspecified atom stereocenters. The monoisotopic (exact) mass is 313 g/mol. The van der Waals surface area contributed by atoms with Crippen LogP contribution < -0.4 is 10.6 Å². The first-order valence-electron chi connectivity index (χ1n) is 8.05. The maximum absolute atomic E-state index is 4.69. The Hall–Kier alpha value is -3.07. The van der Waals surface area contributed by atoms with E-state index in [2.05, 4.69) is 53.6 Å². The fraction of sp³-hybridized carbons (Fsp3) is 0.0952. The molecule has 1 aromatic carbocycles. The van der Waals surface area contributed by atoms with Crippen molar-refractivity contribution < 1.29 is 0 Å². The molecule has 0 fully saturated rings. The topological polar surface area (TPSA) is 37.0 Å². The molecule has 0 aliphatic carbocycles. The summed E-state index contributed by atoms with van der Waals surface area (Å²) in [5, 5.41) is 6.94. The van der Waals surface area contributed by atoms with Gasteiger partial charge < -0.3 is 10.6 Å². The molecule has 2 aliphatic rings. The van der Waals surface area contributed by atoms with Gasteiger partial charge in [-0.1, -0.05) is 43.0 Å². The van der Waals surface area contributed by atoms with Gasteiger partial charge >= 0.3 is 0 Å². The fourth-order valence-electron chi connectivity index (χ4n) is 2.95. The van der Waals surface area contributed by atoms with E-state index in [4.69, 9.17) is 4.98 Å². The van der Waals surface area contributed by atoms with Gasteiger partial charge in [-0.2, -0.15) is 0 Å². The van der Waals surface area contributed by atoms with E-state index in [9.17, 15) is 0 Å². The summed E-state index contributed by atoms with van der Waals surface area (Å²) in [5.41, 5.74) is 7.48. The van der Waals surface area contributed by atoms with Crippen molar-refractivity contribution in [1.29, 1.82) is 0 Å². The summed E-state index contributed by atoms with van der Waals surface area (Å²) in [4.78, 5) is 4.69. The van der Waals surface area contributed by atoms with Crippen LogP contribution in [0.5, 0.6) is 0 Å². The van der Waals surface area contributed by atoms with Crippen molar-refractivity contribution >= 4 is 16.8 Å². The number of hydrogen-bond acceptors (Lipinski definition) is 3. The van der Waals surface area contributed by atoms with Crippen LogP contribution in [0.15, 0.2) is 79.0 Å². The zero-order valence-corrected chi connectivity index (χ0v) is 13.6. The molecule has 0 amide bonds. The molecule has 2 aromatic rings. The Labute approximate surface area is 142 Å². The van der Waals surface area contributed by atoms with Crippen LogP contribution in [0.1, 0.15) is 23.9 Å². The van der Waals surface area contributed by atoms with Gasteiger partial charge in [0.2, 0.25) is 0 Å². The number of nitrogens with one attached hydrogen (secondary N) is 2. The maximum Gasteiger partial charge on any atom is 0.123 e. The summed E-state index contributed by atoms with van der Waals surface area (Å²) in [6, 6.07) is 16.4. The smallest absolute Gasteiger partial charge is 0.123 e. The lowest BCUT2D eigenvalue weighted by molar-refractivity contribution is 0.644. The van der Waals surface area contributed by atoms with E-state index in [1.165, 1.54) is 11.1 Å². The van der Waals surface area contributed by atoms with Crippen LogP contribution in [0.3, 0.4) is 0 Å². The van der Waals surface area contributed by atoms with E-state index >= 15 is 0 Å². The normalized spacial score (nSPS) is 18.5. The minimum absolute atomic E-state index is 0.119. The highest BCUT2D eigenvalue weighted by Crippen LogP contribution is 2.28. The van der Waals surface area contributed by atoms with E-state index in [1.807, 2.05) is 37.4 Å². The summed E-state index contributed by atoms with van der Waals surface area (Å²) in [6.07, 6.45) is 6.53. The predicted molar refractivity (Wildman–Crippen MR) is 99.5 cm³/mol. The van der Waals surface area contributed by atoms with E-state index in [0.717, 1.165) is 28.2 Å². The molecule has 1 atom stereocenters. The van der Waals surface area contributed by atoms with Crippen LogP contribution >= 0.6 is 0 Å². The third kappa shape index (κ3) is 2.65. The van der Waals surface area contributed by atoms with Gasteiger partial charge in [-0.25, -0.2) is 4.98 Å². The Morgan fingerprint density at radius 3 is 2.67 bits per heavy atom. The van der Waals surface area contributed by atoms with Gasteiger partial charge in [0.25, 0.3) is 0 Å². The third-order valence-electron chi connectivity index (χ3n) is 4.24. The minimum Gasteiger partial charge on any atom is -0.367 e. The van der Waals surface area contributed by atoms with Crippen LogP contribution in [-0.2, 0) is 0 Å². The summed E-state index contributed by atoms with van der Waals surface area (Å²) in [7, 11) is 0. The quantitative estimate of drug-likeness (QED) is 0.901. The average Bonchev–Trinajstić information content (AvgIpc) is 3.06. The second-order valence-electron chi connectivity index (χ2n) is 6.10. The summed E-state index contributed by atoms with van der Waals surface area (Å²) < 4.78 is 0. The SMILES string of the molecule is C=C(C)c1cccc(C2=CNC3NC(c4ccccc4)=CC3=C2)n1. The second-order valence-corrected chi connectivity index (χ2v) is 6.10. The number of allylic oxidation sites excluding steroid dienone is 3. The molecule has 3 nitrogen and oxygen atoms in total. The molecule has 0 radical (unpaired) electrons. The van der Waals surface area contributed by atoms with Crippen molar-refractivity contribution in [2.75, 3.05) is 0 Å². The summed E-state index contributed by atoms with van der Waals surface area (Å²) in [5.74, 6) is 0. The third-order valence-corrected chi connectivity index (χ3v) is 4.24. The number of rotatable bonds is 3. The molecule has 3 heteroatoms. The molecule has 0 saturated heterocycles. The molecular formula is C21H19N3. The fourth-order valence-corrected chi connectivity index (χ4v) is 2.95. The summed E-state index contributed by atoms with van der Waals surface area (Å²) in [6.45, 7) is 5.95. The number of fused-ring (bicyclic) bond motifs is 1. The first-order chi connectivity index (χ1) is 11.7. The first kappa shape index (κ1) is 14.5. The molecule has 2 N–H and O–H groups in total. The van der Waals surface area contributed by atoms with E-state index in [-0.39, 0.29) is 6.17 Å². The number of aromatic nitrogens is 1. The molecule has 0 bridgehead atoms. The van der Waals surface area contributed by atoms with Crippen LogP contribution in [-0.4, -0.2) is 11.1 Å². The lowest BCUT2D eigenvalue weighted by Gasteiger charge is -2.21. The second kappa shape index (κ2) is 5.85. The first-order valence-corrected chi connectivity index (χ1v) is 8.05. The Balaban J connectivity index is 1.65. The predicted octanol–water partition coefficient (Wildman–Crippen LogP) is 3.96. The largest absolute Gasteiger partial charge is 0.367 e. The highest BCUT2D eigenvalue weighted by molar-refractivity contribution is 5.80. The number of dihydropyridines is 1. The van der Waals surface area contributed by atoms with Crippen molar-refractivity contribution in [2.45, 2.75) is 13.1 Å². The maximum atomic E-state index is 4.69. The van der Waals surface area contributed by atoms with Crippen molar-refractivity contribution in [3.8, 4) is 0 Å². The van der Waals surface area contributed by atoms with Crippen molar-refractivity contribution in [3.05, 3.63) is 96.0 Å². The number of pyridine rings is 1. The number of nitrogens with zero attached hydrogens (tertiary/aromatic N) is 1. The zero-order valence-electron chi connectivity index (χ0n) is 13.6. The van der Waals surface area contributed by atoms with Gasteiger partial charge in [-0.3, -0.25) is 0 Å². The molecule has 4 rings (SSSR count). The Morgan fingerprint density at radius 1 is 1.04 bits per heavy atom. The average molecular weight is 313 g/mol. The van der Waals surface area contributed by atoms with Gasteiger partial charge in [0.05, 0.1) is 11.4 Å². The Morgan fingerprint density at radius 2 is 1.88 bits per heavy atom. The van der Waals surface area contributed by atoms with Gasteiger partial charge in [-0.15, -0.1) is 0 Å². The van der Waals surface area contributed by atoms with Gasteiger partial charge in [0.1, 0.15) is 6.17 Å². The molecule has 0 spiro atoms. The van der Waals surface area contributed by atoms with Crippen LogP contribution in [0.2, 0.25) is 0 Å². The number of hydrogen-bond donors (Lipinski definition) is 2. The zero-order chi connectivity index (χ0) is 16.5. The highest BCUT2D eigenvalue weighted by Gasteiger charge is 2.24. The van der Waals surface area contributed by atoms with Gasteiger partial charge in [0, 0.05) is 17.5 Å². The van der Waals surface area contributed by atoms with E-state index in [1.54, 1.807) is 0 Å². The van der Waals surface area contributed by atoms with E-state index in [0.29, 0.717) is 0 Å². The van der Waals surface area contributed by atoms with Crippen LogP contribution in [0, 0.1) is 0 Å². The minimum atomic E-state index is 0.119. The molecule has 118 valence electrons. The molecule has 1 aromatic heterocycles. The molecular weight excluding hydrogens is 294 g/mol. The van der Waals surface area contributed by atoms with Crippen LogP contribution in [0.25, 0.3) is 16.8 Å². The van der Waals surface area contributed by atoms with Gasteiger partial charge in [-0.05, 0) is 47.9 Å². The van der Waals surface area contributed by atoms with E-state index < -0.39 is 0 Å². The van der Waals surface area contributed by atoms with Crippen molar-refractivity contribution in [3.63, 3.8) is 0 Å². The van der Waals surface area contributed by atoms with Gasteiger partial charge in [0.15, 0.2) is 0 Å². The molecule has 0 saturated carbocycles. The molecule has 24 heavy (non-hydrogen) atoms. The number of benzene rings is 1.